The molecule has 1 aromatic carbocycles. The molecule has 1 aromatic rings. The Morgan fingerprint density at radius 2 is 1.64 bits per heavy atom. The molecular formula is C19H30N2O4. The lowest BCUT2D eigenvalue weighted by Crippen LogP contribution is -2.47. The molecule has 0 aliphatic rings. The van der Waals surface area contributed by atoms with E-state index >= 15 is 0 Å². The zero-order valence-corrected chi connectivity index (χ0v) is 16.1. The van der Waals surface area contributed by atoms with Crippen molar-refractivity contribution in [3.8, 4) is 11.5 Å². The standard InChI is InChI=1S/C19H30N2O4/c1-7-21(13-17(22)20-19(4,5)6)18(23)14-10-11-15(24-8-2)16(12-14)25-9-3/h10-12H,7-9,13H2,1-6H3,(H,20,22). The number of rotatable bonds is 8. The smallest absolute Gasteiger partial charge is 0.254 e. The molecule has 0 unspecified atom stereocenters. The summed E-state index contributed by atoms with van der Waals surface area (Å²) in [6, 6.07) is 5.09. The first-order valence-corrected chi connectivity index (χ1v) is 8.71. The molecule has 0 spiro atoms. The van der Waals surface area contributed by atoms with Crippen LogP contribution in [-0.4, -0.2) is 48.6 Å². The summed E-state index contributed by atoms with van der Waals surface area (Å²) < 4.78 is 11.1. The number of carbonyl (C=O) groups excluding carboxylic acids is 2. The summed E-state index contributed by atoms with van der Waals surface area (Å²) in [4.78, 5) is 26.4. The predicted octanol–water partition coefficient (Wildman–Crippen LogP) is 2.86. The number of likely N-dealkylation sites (N-methyl/N-ethyl adjacent to an activating group) is 1. The summed E-state index contributed by atoms with van der Waals surface area (Å²) >= 11 is 0. The topological polar surface area (TPSA) is 67.9 Å². The van der Waals surface area contributed by atoms with Crippen molar-refractivity contribution in [2.45, 2.75) is 47.1 Å². The van der Waals surface area contributed by atoms with Crippen LogP contribution >= 0.6 is 0 Å². The molecule has 0 saturated heterocycles. The van der Waals surface area contributed by atoms with Crippen LogP contribution in [0.25, 0.3) is 0 Å². The maximum absolute atomic E-state index is 12.8. The van der Waals surface area contributed by atoms with Crippen LogP contribution in [0.2, 0.25) is 0 Å². The van der Waals surface area contributed by atoms with Gasteiger partial charge in [0.1, 0.15) is 0 Å². The fraction of sp³-hybridized carbons (Fsp3) is 0.579. The average Bonchev–Trinajstić information content (AvgIpc) is 2.52. The van der Waals surface area contributed by atoms with E-state index in [2.05, 4.69) is 5.32 Å². The van der Waals surface area contributed by atoms with Crippen LogP contribution in [0.4, 0.5) is 0 Å². The summed E-state index contributed by atoms with van der Waals surface area (Å²) in [5, 5.41) is 2.87. The zero-order chi connectivity index (χ0) is 19.0. The van der Waals surface area contributed by atoms with Crippen LogP contribution in [0, 0.1) is 0 Å². The third-order valence-electron chi connectivity index (χ3n) is 3.31. The van der Waals surface area contributed by atoms with Gasteiger partial charge < -0.3 is 19.7 Å². The lowest BCUT2D eigenvalue weighted by atomic mass is 10.1. The van der Waals surface area contributed by atoms with E-state index in [1.54, 1.807) is 18.2 Å². The fourth-order valence-electron chi connectivity index (χ4n) is 2.33. The number of amides is 2. The van der Waals surface area contributed by atoms with Gasteiger partial charge in [0, 0.05) is 17.6 Å². The minimum Gasteiger partial charge on any atom is -0.490 e. The first-order valence-electron chi connectivity index (χ1n) is 8.71. The van der Waals surface area contributed by atoms with Gasteiger partial charge in [-0.2, -0.15) is 0 Å². The summed E-state index contributed by atoms with van der Waals surface area (Å²) in [7, 11) is 0. The molecule has 0 bridgehead atoms. The number of hydrogen-bond acceptors (Lipinski definition) is 4. The molecular weight excluding hydrogens is 320 g/mol. The molecule has 0 aromatic heterocycles. The van der Waals surface area contributed by atoms with Crippen LogP contribution in [0.15, 0.2) is 18.2 Å². The Kier molecular flexibility index (Phi) is 7.74. The Bertz CT molecular complexity index is 594. The van der Waals surface area contributed by atoms with Gasteiger partial charge in [-0.1, -0.05) is 0 Å². The average molecular weight is 350 g/mol. The fourth-order valence-corrected chi connectivity index (χ4v) is 2.33. The van der Waals surface area contributed by atoms with Gasteiger partial charge in [-0.05, 0) is 59.7 Å². The number of ether oxygens (including phenoxy) is 2. The van der Waals surface area contributed by atoms with Crippen molar-refractivity contribution >= 4 is 11.8 Å². The monoisotopic (exact) mass is 350 g/mol. The largest absolute Gasteiger partial charge is 0.490 e. The van der Waals surface area contributed by atoms with Crippen molar-refractivity contribution in [3.63, 3.8) is 0 Å². The molecule has 1 rings (SSSR count). The second-order valence-electron chi connectivity index (χ2n) is 6.65. The van der Waals surface area contributed by atoms with Crippen LogP contribution < -0.4 is 14.8 Å². The summed E-state index contributed by atoms with van der Waals surface area (Å²) in [5.74, 6) is 0.744. The van der Waals surface area contributed by atoms with Crippen molar-refractivity contribution in [2.24, 2.45) is 0 Å². The highest BCUT2D eigenvalue weighted by molar-refractivity contribution is 5.97. The summed E-state index contributed by atoms with van der Waals surface area (Å²) in [5.41, 5.74) is 0.137. The molecule has 0 saturated carbocycles. The van der Waals surface area contributed by atoms with Gasteiger partial charge in [-0.3, -0.25) is 9.59 Å². The molecule has 0 radical (unpaired) electrons. The van der Waals surface area contributed by atoms with Crippen molar-refractivity contribution in [3.05, 3.63) is 23.8 Å². The molecule has 6 heteroatoms. The van der Waals surface area contributed by atoms with Crippen LogP contribution in [-0.2, 0) is 4.79 Å². The molecule has 140 valence electrons. The van der Waals surface area contributed by atoms with Crippen molar-refractivity contribution in [1.29, 1.82) is 0 Å². The molecule has 6 nitrogen and oxygen atoms in total. The van der Waals surface area contributed by atoms with Crippen molar-refractivity contribution < 1.29 is 19.1 Å². The quantitative estimate of drug-likeness (QED) is 0.783. The molecule has 0 atom stereocenters. The highest BCUT2D eigenvalue weighted by Gasteiger charge is 2.21. The Balaban J connectivity index is 2.95. The molecule has 0 heterocycles. The second kappa shape index (κ2) is 9.30. The van der Waals surface area contributed by atoms with Crippen LogP contribution in [0.3, 0.4) is 0 Å². The number of hydrogen-bond donors (Lipinski definition) is 1. The van der Waals surface area contributed by atoms with Gasteiger partial charge in [0.05, 0.1) is 19.8 Å². The van der Waals surface area contributed by atoms with E-state index in [9.17, 15) is 9.59 Å². The van der Waals surface area contributed by atoms with Crippen molar-refractivity contribution in [2.75, 3.05) is 26.3 Å². The molecule has 25 heavy (non-hydrogen) atoms. The minimum absolute atomic E-state index is 0.0176. The lowest BCUT2D eigenvalue weighted by Gasteiger charge is -2.25. The zero-order valence-electron chi connectivity index (χ0n) is 16.1. The van der Waals surface area contributed by atoms with E-state index < -0.39 is 0 Å². The number of carbonyl (C=O) groups is 2. The van der Waals surface area contributed by atoms with Crippen molar-refractivity contribution in [1.82, 2.24) is 10.2 Å². The van der Waals surface area contributed by atoms with Gasteiger partial charge in [-0.15, -0.1) is 0 Å². The van der Waals surface area contributed by atoms with Crippen LogP contribution in [0.5, 0.6) is 11.5 Å². The maximum Gasteiger partial charge on any atom is 0.254 e. The van der Waals surface area contributed by atoms with Gasteiger partial charge in [-0.25, -0.2) is 0 Å². The highest BCUT2D eigenvalue weighted by atomic mass is 16.5. The normalized spacial score (nSPS) is 11.0. The number of nitrogens with one attached hydrogen (secondary N) is 1. The predicted molar refractivity (Wildman–Crippen MR) is 98.3 cm³/mol. The van der Waals surface area contributed by atoms with Gasteiger partial charge in [0.2, 0.25) is 5.91 Å². The van der Waals surface area contributed by atoms with Gasteiger partial charge in [0.25, 0.3) is 5.91 Å². The van der Waals surface area contributed by atoms with E-state index in [0.717, 1.165) is 0 Å². The lowest BCUT2D eigenvalue weighted by molar-refractivity contribution is -0.123. The molecule has 0 aliphatic heterocycles. The number of benzene rings is 1. The Morgan fingerprint density at radius 1 is 1.04 bits per heavy atom. The van der Waals surface area contributed by atoms with Crippen LogP contribution in [0.1, 0.15) is 51.9 Å². The number of nitrogens with zero attached hydrogens (tertiary/aromatic N) is 1. The summed E-state index contributed by atoms with van der Waals surface area (Å²) in [6.07, 6.45) is 0. The minimum atomic E-state index is -0.333. The second-order valence-corrected chi connectivity index (χ2v) is 6.65. The SMILES string of the molecule is CCOc1ccc(C(=O)N(CC)CC(=O)NC(C)(C)C)cc1OCC. The summed E-state index contributed by atoms with van der Waals surface area (Å²) in [6.45, 7) is 12.8. The highest BCUT2D eigenvalue weighted by Crippen LogP contribution is 2.29. The Hall–Kier alpha value is -2.24. The first-order chi connectivity index (χ1) is 11.7. The van der Waals surface area contributed by atoms with Gasteiger partial charge >= 0.3 is 0 Å². The Morgan fingerprint density at radius 3 is 2.16 bits per heavy atom. The third kappa shape index (κ3) is 6.64. The molecule has 0 aliphatic carbocycles. The van der Waals surface area contributed by atoms with Gasteiger partial charge in [0.15, 0.2) is 11.5 Å². The first kappa shape index (κ1) is 20.8. The van der Waals surface area contributed by atoms with E-state index in [-0.39, 0.29) is 23.9 Å². The van der Waals surface area contributed by atoms with E-state index in [1.807, 2.05) is 41.5 Å². The third-order valence-corrected chi connectivity index (χ3v) is 3.31. The van der Waals surface area contributed by atoms with E-state index in [4.69, 9.17) is 9.47 Å². The molecule has 1 N–H and O–H groups in total. The molecule has 0 fully saturated rings. The van der Waals surface area contributed by atoms with E-state index in [1.165, 1.54) is 4.90 Å². The van der Waals surface area contributed by atoms with E-state index in [0.29, 0.717) is 36.8 Å². The molecule has 2 amide bonds. The Labute approximate surface area is 150 Å². The maximum atomic E-state index is 12.8.